The van der Waals surface area contributed by atoms with Crippen LogP contribution in [0.3, 0.4) is 0 Å². The Bertz CT molecular complexity index is 1500. The van der Waals surface area contributed by atoms with E-state index in [0.717, 1.165) is 5.56 Å². The summed E-state index contributed by atoms with van der Waals surface area (Å²) < 4.78 is 29.9. The molecule has 0 radical (unpaired) electrons. The highest BCUT2D eigenvalue weighted by Gasteiger charge is 2.54. The third kappa shape index (κ3) is 5.93. The Labute approximate surface area is 225 Å². The number of ketones is 2. The number of nitrogens with zero attached hydrogens (tertiary/aromatic N) is 3. The first kappa shape index (κ1) is 26.4. The maximum Gasteiger partial charge on any atom is 0.249 e. The Morgan fingerprint density at radius 1 is 0.923 bits per heavy atom. The van der Waals surface area contributed by atoms with E-state index in [1.807, 2.05) is 6.92 Å². The first-order chi connectivity index (χ1) is 18.9. The Balaban J connectivity index is 1.24. The molecule has 0 amide bonds. The quantitative estimate of drug-likeness (QED) is 0.187. The highest BCUT2D eigenvalue weighted by Crippen LogP contribution is 2.48. The molecule has 0 spiro atoms. The summed E-state index contributed by atoms with van der Waals surface area (Å²) in [5.74, 6) is 0.895. The molecular weight excluding hydrogens is 501 g/mol. The molecule has 1 aliphatic rings. The van der Waals surface area contributed by atoms with Gasteiger partial charge in [0.2, 0.25) is 5.88 Å². The number of ether oxygens (including phenoxy) is 3. The highest BCUT2D eigenvalue weighted by molar-refractivity contribution is 6.10. The van der Waals surface area contributed by atoms with Gasteiger partial charge >= 0.3 is 0 Å². The zero-order valence-electron chi connectivity index (χ0n) is 21.8. The summed E-state index contributed by atoms with van der Waals surface area (Å²) in [4.78, 5) is 39.1. The minimum atomic E-state index is -0.931. The molecule has 2 aromatic heterocycles. The highest BCUT2D eigenvalue weighted by atomic mass is 19.1. The second kappa shape index (κ2) is 11.2. The van der Waals surface area contributed by atoms with Crippen LogP contribution in [0.4, 0.5) is 4.39 Å². The van der Waals surface area contributed by atoms with Crippen molar-refractivity contribution in [1.29, 1.82) is 0 Å². The lowest BCUT2D eigenvalue weighted by Gasteiger charge is -2.14. The molecule has 0 N–H and O–H groups in total. The van der Waals surface area contributed by atoms with Crippen molar-refractivity contribution in [3.63, 3.8) is 0 Å². The van der Waals surface area contributed by atoms with Crippen molar-refractivity contribution in [2.45, 2.75) is 32.6 Å². The van der Waals surface area contributed by atoms with E-state index < -0.39 is 5.41 Å². The Kier molecular flexibility index (Phi) is 7.60. The summed E-state index contributed by atoms with van der Waals surface area (Å²) in [5, 5.41) is 0. The van der Waals surface area contributed by atoms with Crippen molar-refractivity contribution < 1.29 is 28.2 Å². The van der Waals surface area contributed by atoms with Gasteiger partial charge in [-0.25, -0.2) is 14.4 Å². The van der Waals surface area contributed by atoms with Crippen molar-refractivity contribution in [2.24, 2.45) is 5.41 Å². The molecule has 200 valence electrons. The second-order valence-corrected chi connectivity index (χ2v) is 9.61. The molecule has 0 atom stereocenters. The van der Waals surface area contributed by atoms with Crippen molar-refractivity contribution in [3.05, 3.63) is 83.6 Å². The van der Waals surface area contributed by atoms with E-state index in [2.05, 4.69) is 15.0 Å². The number of aromatic nitrogens is 3. The van der Waals surface area contributed by atoms with E-state index in [1.54, 1.807) is 49.6 Å². The molecule has 5 rings (SSSR count). The fourth-order valence-corrected chi connectivity index (χ4v) is 4.43. The molecule has 0 bridgehead atoms. The topological polar surface area (TPSA) is 100 Å². The lowest BCUT2D eigenvalue weighted by Crippen LogP contribution is -2.28. The van der Waals surface area contributed by atoms with Gasteiger partial charge in [-0.2, -0.15) is 4.98 Å². The lowest BCUT2D eigenvalue weighted by molar-refractivity contribution is -0.133. The molecule has 4 aromatic rings. The summed E-state index contributed by atoms with van der Waals surface area (Å²) in [6, 6.07) is 14.7. The summed E-state index contributed by atoms with van der Waals surface area (Å²) in [7, 11) is 1.61. The van der Waals surface area contributed by atoms with Gasteiger partial charge in [-0.15, -0.1) is 0 Å². The predicted octanol–water partition coefficient (Wildman–Crippen LogP) is 4.99. The monoisotopic (exact) mass is 529 g/mol. The zero-order valence-corrected chi connectivity index (χ0v) is 21.8. The number of halogens is 1. The number of rotatable bonds is 12. The fraction of sp³-hybridized carbons (Fsp3) is 0.300. The van der Waals surface area contributed by atoms with Crippen LogP contribution < -0.4 is 9.47 Å². The van der Waals surface area contributed by atoms with Gasteiger partial charge < -0.3 is 14.2 Å². The number of pyridine rings is 1. The molecule has 39 heavy (non-hydrogen) atoms. The van der Waals surface area contributed by atoms with Gasteiger partial charge in [0.25, 0.3) is 0 Å². The van der Waals surface area contributed by atoms with Gasteiger partial charge in [-0.3, -0.25) is 9.59 Å². The van der Waals surface area contributed by atoms with Gasteiger partial charge in [0, 0.05) is 26.0 Å². The average Bonchev–Trinajstić information content (AvgIpc) is 3.74. The molecule has 0 unspecified atom stereocenters. The van der Waals surface area contributed by atoms with Crippen LogP contribution >= 0.6 is 0 Å². The van der Waals surface area contributed by atoms with E-state index >= 15 is 0 Å². The number of hydrogen-bond acceptors (Lipinski definition) is 8. The standard InChI is InChI=1S/C30H28FN3O5/c1-19-25(38-14-13-37-2)17-24-28(34-19)29(33-18-32-24)39-23-9-5-21(6-10-23)16-27(36)30(11-12-30)26(35)15-20-3-7-22(31)8-4-20/h3-10,17-18H,11-16H2,1-2H3. The van der Waals surface area contributed by atoms with E-state index in [1.165, 1.54) is 18.5 Å². The first-order valence-corrected chi connectivity index (χ1v) is 12.7. The van der Waals surface area contributed by atoms with Crippen LogP contribution in [0.2, 0.25) is 0 Å². The number of methoxy groups -OCH3 is 1. The maximum absolute atomic E-state index is 13.2. The van der Waals surface area contributed by atoms with Crippen LogP contribution in [0.1, 0.15) is 29.7 Å². The molecular formula is C30H28FN3O5. The molecule has 1 aliphatic carbocycles. The largest absolute Gasteiger partial charge is 0.489 e. The number of benzene rings is 2. The third-order valence-corrected chi connectivity index (χ3v) is 6.86. The lowest BCUT2D eigenvalue weighted by atomic mass is 9.88. The Hall–Kier alpha value is -4.24. The summed E-state index contributed by atoms with van der Waals surface area (Å²) in [6.07, 6.45) is 2.79. The fourth-order valence-electron chi connectivity index (χ4n) is 4.43. The zero-order chi connectivity index (χ0) is 27.4. The van der Waals surface area contributed by atoms with Crippen molar-refractivity contribution >= 4 is 22.6 Å². The summed E-state index contributed by atoms with van der Waals surface area (Å²) in [5.41, 5.74) is 2.32. The van der Waals surface area contributed by atoms with Gasteiger partial charge in [-0.1, -0.05) is 24.3 Å². The normalized spacial score (nSPS) is 13.7. The van der Waals surface area contributed by atoms with Crippen molar-refractivity contribution in [3.8, 4) is 17.4 Å². The average molecular weight is 530 g/mol. The molecule has 2 heterocycles. The molecule has 8 nitrogen and oxygen atoms in total. The Morgan fingerprint density at radius 3 is 2.18 bits per heavy atom. The molecule has 9 heteroatoms. The van der Waals surface area contributed by atoms with E-state index in [-0.39, 0.29) is 30.2 Å². The summed E-state index contributed by atoms with van der Waals surface area (Å²) in [6.45, 7) is 2.70. The summed E-state index contributed by atoms with van der Waals surface area (Å²) >= 11 is 0. The number of carbonyl (C=O) groups is 2. The minimum Gasteiger partial charge on any atom is -0.489 e. The van der Waals surface area contributed by atoms with Crippen LogP contribution in [0.25, 0.3) is 11.0 Å². The SMILES string of the molecule is COCCOc1cc2ncnc(Oc3ccc(CC(=O)C4(C(=O)Cc5ccc(F)cc5)CC4)cc3)c2nc1C. The van der Waals surface area contributed by atoms with Gasteiger partial charge in [-0.05, 0) is 55.2 Å². The minimum absolute atomic E-state index is 0.0896. The van der Waals surface area contributed by atoms with Crippen LogP contribution in [-0.4, -0.2) is 46.8 Å². The number of hydrogen-bond donors (Lipinski definition) is 0. The van der Waals surface area contributed by atoms with Gasteiger partial charge in [0.05, 0.1) is 23.2 Å². The first-order valence-electron chi connectivity index (χ1n) is 12.7. The van der Waals surface area contributed by atoms with E-state index in [4.69, 9.17) is 14.2 Å². The number of aryl methyl sites for hydroxylation is 1. The van der Waals surface area contributed by atoms with Crippen LogP contribution in [0.15, 0.2) is 60.9 Å². The molecule has 0 saturated heterocycles. The molecule has 1 saturated carbocycles. The molecule has 0 aliphatic heterocycles. The molecule has 1 fully saturated rings. The third-order valence-electron chi connectivity index (χ3n) is 6.86. The number of fused-ring (bicyclic) bond motifs is 1. The predicted molar refractivity (Wildman–Crippen MR) is 141 cm³/mol. The number of Topliss-reactive ketones (excluding diaryl/α,β-unsaturated/α-hetero) is 2. The van der Waals surface area contributed by atoms with Crippen molar-refractivity contribution in [1.82, 2.24) is 15.0 Å². The van der Waals surface area contributed by atoms with Crippen LogP contribution in [0, 0.1) is 18.2 Å². The second-order valence-electron chi connectivity index (χ2n) is 9.61. The number of carbonyl (C=O) groups excluding carboxylic acids is 2. The van der Waals surface area contributed by atoms with Crippen molar-refractivity contribution in [2.75, 3.05) is 20.3 Å². The van der Waals surface area contributed by atoms with Gasteiger partial charge in [0.15, 0.2) is 17.1 Å². The smallest absolute Gasteiger partial charge is 0.249 e. The maximum atomic E-state index is 13.2. The van der Waals surface area contributed by atoms with E-state index in [0.29, 0.717) is 65.7 Å². The van der Waals surface area contributed by atoms with E-state index in [9.17, 15) is 14.0 Å². The molecule has 2 aromatic carbocycles. The Morgan fingerprint density at radius 2 is 1.56 bits per heavy atom. The van der Waals surface area contributed by atoms with Crippen LogP contribution in [-0.2, 0) is 27.2 Å². The van der Waals surface area contributed by atoms with Gasteiger partial charge in [0.1, 0.15) is 30.3 Å². The van der Waals surface area contributed by atoms with Crippen LogP contribution in [0.5, 0.6) is 17.4 Å².